The first kappa shape index (κ1) is 10.5. The Hall–Kier alpha value is -2.04. The zero-order chi connectivity index (χ0) is 11.9. The standard InChI is InChI=1S/C11H10O5/c1-2-3-5-4-6(10(12)13)8-9(16-8)7(5)11(14)15/h4H,2-3H2,1H3,(H,12,13)(H,14,15). The van der Waals surface area contributed by atoms with E-state index >= 15 is 0 Å². The molecule has 1 aliphatic rings. The van der Waals surface area contributed by atoms with Crippen LogP contribution in [0.5, 0.6) is 11.5 Å². The number of hydrogen-bond donors (Lipinski definition) is 2. The SMILES string of the molecule is CCCc1cc(C(=O)O)c2c(c1C(=O)O)O2. The molecule has 0 bridgehead atoms. The second-order valence-electron chi connectivity index (χ2n) is 3.58. The number of carboxylic acids is 2. The third-order valence-electron chi connectivity index (χ3n) is 2.44. The van der Waals surface area contributed by atoms with Crippen LogP contribution in [0.25, 0.3) is 0 Å². The predicted octanol–water partition coefficient (Wildman–Crippen LogP) is 2.14. The van der Waals surface area contributed by atoms with Gasteiger partial charge < -0.3 is 14.9 Å². The lowest BCUT2D eigenvalue weighted by Gasteiger charge is -2.02. The zero-order valence-corrected chi connectivity index (χ0v) is 8.61. The van der Waals surface area contributed by atoms with Gasteiger partial charge in [0.05, 0.1) is 0 Å². The van der Waals surface area contributed by atoms with Gasteiger partial charge in [0.25, 0.3) is 0 Å². The Morgan fingerprint density at radius 3 is 2.44 bits per heavy atom. The summed E-state index contributed by atoms with van der Waals surface area (Å²) in [5.74, 6) is -1.78. The van der Waals surface area contributed by atoms with Crippen LogP contribution in [0.3, 0.4) is 0 Å². The molecule has 0 fully saturated rings. The van der Waals surface area contributed by atoms with Crippen molar-refractivity contribution >= 4 is 11.9 Å². The van der Waals surface area contributed by atoms with E-state index in [0.29, 0.717) is 12.0 Å². The van der Waals surface area contributed by atoms with Crippen molar-refractivity contribution < 1.29 is 24.5 Å². The molecule has 0 aromatic heterocycles. The van der Waals surface area contributed by atoms with Gasteiger partial charge in [-0.3, -0.25) is 0 Å². The molecule has 2 rings (SSSR count). The van der Waals surface area contributed by atoms with Crippen molar-refractivity contribution in [3.63, 3.8) is 0 Å². The number of ether oxygens (including phenoxy) is 1. The maximum Gasteiger partial charge on any atom is 0.339 e. The van der Waals surface area contributed by atoms with Gasteiger partial charge in [-0.15, -0.1) is 0 Å². The van der Waals surface area contributed by atoms with Gasteiger partial charge in [0.2, 0.25) is 0 Å². The molecule has 0 atom stereocenters. The highest BCUT2D eigenvalue weighted by molar-refractivity contribution is 6.02. The first-order chi connectivity index (χ1) is 7.56. The third-order valence-corrected chi connectivity index (χ3v) is 2.44. The zero-order valence-electron chi connectivity index (χ0n) is 8.61. The summed E-state index contributed by atoms with van der Waals surface area (Å²) in [6, 6.07) is 1.39. The van der Waals surface area contributed by atoms with E-state index in [9.17, 15) is 9.59 Å². The molecule has 1 heterocycles. The Bertz CT molecular complexity index is 490. The maximum absolute atomic E-state index is 11.0. The van der Waals surface area contributed by atoms with Gasteiger partial charge in [0.1, 0.15) is 11.1 Å². The Balaban J connectivity index is 2.57. The normalized spacial score (nSPS) is 11.6. The second-order valence-corrected chi connectivity index (χ2v) is 3.58. The van der Waals surface area contributed by atoms with Crippen molar-refractivity contribution in [3.05, 3.63) is 22.8 Å². The Morgan fingerprint density at radius 1 is 1.25 bits per heavy atom. The maximum atomic E-state index is 11.0. The monoisotopic (exact) mass is 222 g/mol. The van der Waals surface area contributed by atoms with Gasteiger partial charge in [0.15, 0.2) is 11.5 Å². The quantitative estimate of drug-likeness (QED) is 0.774. The molecule has 1 aromatic rings. The lowest BCUT2D eigenvalue weighted by Crippen LogP contribution is -2.03. The highest BCUT2D eigenvalue weighted by Crippen LogP contribution is 2.52. The van der Waals surface area contributed by atoms with Gasteiger partial charge in [0, 0.05) is 0 Å². The van der Waals surface area contributed by atoms with Gasteiger partial charge >= 0.3 is 11.9 Å². The van der Waals surface area contributed by atoms with E-state index in [-0.39, 0.29) is 22.6 Å². The number of rotatable bonds is 4. The van der Waals surface area contributed by atoms with Crippen LogP contribution in [0.4, 0.5) is 0 Å². The summed E-state index contributed by atoms with van der Waals surface area (Å²) < 4.78 is 4.95. The summed E-state index contributed by atoms with van der Waals surface area (Å²) >= 11 is 0. The molecular formula is C11H10O5. The number of benzene rings is 1. The van der Waals surface area contributed by atoms with Gasteiger partial charge in [-0.25, -0.2) is 9.59 Å². The van der Waals surface area contributed by atoms with E-state index in [1.807, 2.05) is 6.92 Å². The molecule has 1 aliphatic heterocycles. The summed E-state index contributed by atoms with van der Waals surface area (Å²) in [4.78, 5) is 21.9. The molecule has 0 radical (unpaired) electrons. The molecule has 2 N–H and O–H groups in total. The molecule has 0 spiro atoms. The number of fused-ring (bicyclic) bond motifs is 1. The summed E-state index contributed by atoms with van der Waals surface area (Å²) in [6.45, 7) is 1.90. The average Bonchev–Trinajstić information content (AvgIpc) is 2.94. The number of aryl methyl sites for hydroxylation is 1. The summed E-state index contributed by atoms with van der Waals surface area (Å²) in [5.41, 5.74) is 0.661. The number of carbonyl (C=O) groups is 2. The number of aromatic carboxylic acids is 2. The van der Waals surface area contributed by atoms with E-state index in [1.165, 1.54) is 6.07 Å². The number of carboxylic acid groups (broad SMARTS) is 2. The minimum atomic E-state index is -1.09. The van der Waals surface area contributed by atoms with E-state index in [2.05, 4.69) is 0 Å². The molecule has 0 saturated carbocycles. The highest BCUT2D eigenvalue weighted by atomic mass is 16.6. The first-order valence-corrected chi connectivity index (χ1v) is 4.90. The van der Waals surface area contributed by atoms with Crippen LogP contribution in [0.2, 0.25) is 0 Å². The highest BCUT2D eigenvalue weighted by Gasteiger charge is 2.36. The molecule has 0 saturated heterocycles. The van der Waals surface area contributed by atoms with Crippen molar-refractivity contribution in [3.8, 4) is 11.5 Å². The average molecular weight is 222 g/mol. The van der Waals surface area contributed by atoms with E-state index in [4.69, 9.17) is 14.9 Å². The summed E-state index contributed by atoms with van der Waals surface area (Å²) in [7, 11) is 0. The molecule has 5 heteroatoms. The second kappa shape index (κ2) is 3.52. The lowest BCUT2D eigenvalue weighted by atomic mass is 10.0. The molecule has 0 unspecified atom stereocenters. The summed E-state index contributed by atoms with van der Waals surface area (Å²) in [5, 5.41) is 17.9. The van der Waals surface area contributed by atoms with E-state index in [1.54, 1.807) is 0 Å². The van der Waals surface area contributed by atoms with Crippen LogP contribution >= 0.6 is 0 Å². The van der Waals surface area contributed by atoms with Gasteiger partial charge in [-0.05, 0) is 18.1 Å². The fourth-order valence-electron chi connectivity index (χ4n) is 1.74. The third kappa shape index (κ3) is 1.50. The fourth-order valence-corrected chi connectivity index (χ4v) is 1.74. The van der Waals surface area contributed by atoms with Crippen molar-refractivity contribution in [2.45, 2.75) is 19.8 Å². The lowest BCUT2D eigenvalue weighted by molar-refractivity contribution is 0.0682. The van der Waals surface area contributed by atoms with E-state index < -0.39 is 11.9 Å². The van der Waals surface area contributed by atoms with Gasteiger partial charge in [-0.1, -0.05) is 13.3 Å². The van der Waals surface area contributed by atoms with Crippen molar-refractivity contribution in [1.82, 2.24) is 0 Å². The fraction of sp³-hybridized carbons (Fsp3) is 0.273. The van der Waals surface area contributed by atoms with Crippen LogP contribution in [0, 0.1) is 0 Å². The molecule has 84 valence electrons. The molecule has 0 amide bonds. The van der Waals surface area contributed by atoms with E-state index in [0.717, 1.165) is 6.42 Å². The Morgan fingerprint density at radius 2 is 1.94 bits per heavy atom. The predicted molar refractivity (Wildman–Crippen MR) is 54.4 cm³/mol. The van der Waals surface area contributed by atoms with Crippen LogP contribution in [-0.2, 0) is 6.42 Å². The minimum Gasteiger partial charge on any atom is -0.478 e. The molecule has 5 nitrogen and oxygen atoms in total. The van der Waals surface area contributed by atoms with Crippen molar-refractivity contribution in [1.29, 1.82) is 0 Å². The largest absolute Gasteiger partial charge is 0.478 e. The minimum absolute atomic E-state index is 0.0449. The van der Waals surface area contributed by atoms with Crippen LogP contribution in [-0.4, -0.2) is 22.2 Å². The number of hydrogen-bond acceptors (Lipinski definition) is 3. The van der Waals surface area contributed by atoms with Gasteiger partial charge in [-0.2, -0.15) is 0 Å². The van der Waals surface area contributed by atoms with Crippen molar-refractivity contribution in [2.24, 2.45) is 0 Å². The summed E-state index contributed by atoms with van der Waals surface area (Å²) in [6.07, 6.45) is 1.27. The van der Waals surface area contributed by atoms with Crippen LogP contribution in [0.15, 0.2) is 6.07 Å². The Kier molecular flexibility index (Phi) is 2.30. The molecule has 16 heavy (non-hydrogen) atoms. The van der Waals surface area contributed by atoms with Crippen molar-refractivity contribution in [2.75, 3.05) is 0 Å². The topological polar surface area (TPSA) is 87.1 Å². The van der Waals surface area contributed by atoms with Crippen LogP contribution in [0.1, 0.15) is 39.6 Å². The Labute approximate surface area is 91.3 Å². The molecular weight excluding hydrogens is 212 g/mol. The molecule has 1 aromatic carbocycles. The molecule has 0 aliphatic carbocycles. The van der Waals surface area contributed by atoms with Crippen LogP contribution < -0.4 is 4.74 Å². The smallest absolute Gasteiger partial charge is 0.339 e. The first-order valence-electron chi connectivity index (χ1n) is 4.90.